The summed E-state index contributed by atoms with van der Waals surface area (Å²) in [5.41, 5.74) is -5.99. The number of fused-ring (bicyclic) bond motifs is 3. The van der Waals surface area contributed by atoms with Gasteiger partial charge in [-0.05, 0) is 39.6 Å². The number of aromatic hydroxyl groups is 1. The normalized spacial score (nSPS) is 34.2. The molecule has 1 fully saturated rings. The van der Waals surface area contributed by atoms with Crippen molar-refractivity contribution in [1.82, 2.24) is 4.90 Å². The van der Waals surface area contributed by atoms with Gasteiger partial charge in [0.05, 0.1) is 17.2 Å². The first-order valence-corrected chi connectivity index (χ1v) is 10.2. The molecule has 0 bridgehead atoms. The SMILES string of the molecule is CN(C)[C@@H]1C(=O)C(C#N)=C(O)[C@@]2(O)C(=O)C3=C(O)c4c(O)ccc(Cl)c4[C@@](C)(O)C3C[C@@H]12. The van der Waals surface area contributed by atoms with E-state index < -0.39 is 69.1 Å². The molecule has 0 saturated heterocycles. The van der Waals surface area contributed by atoms with Crippen LogP contribution in [0.1, 0.15) is 24.5 Å². The Bertz CT molecular complexity index is 1190. The smallest absolute Gasteiger partial charge is 0.202 e. The highest BCUT2D eigenvalue weighted by atomic mass is 35.5. The molecule has 1 aromatic rings. The fraction of sp³-hybridized carbons (Fsp3) is 0.409. The lowest BCUT2D eigenvalue weighted by molar-refractivity contribution is -0.158. The number of hydrogen-bond donors (Lipinski definition) is 5. The fourth-order valence-corrected chi connectivity index (χ4v) is 5.80. The maximum Gasteiger partial charge on any atom is 0.202 e. The van der Waals surface area contributed by atoms with E-state index in [2.05, 4.69) is 0 Å². The standard InChI is InChI=1S/C22H21ClN2O7/c1-21(31)9-6-10-16(25(2)3)17(27)8(7-24)19(29)22(10,32)20(30)13(9)18(28)14-12(26)5-4-11(23)15(14)21/h4-5,9-10,16,26,28-29,31-32H,6H2,1-3H3/t9?,10-,16-,21-,22+/m0/s1. The highest BCUT2D eigenvalue weighted by molar-refractivity contribution is 6.32. The predicted molar refractivity (Wildman–Crippen MR) is 112 cm³/mol. The zero-order chi connectivity index (χ0) is 23.9. The average molecular weight is 461 g/mol. The molecular formula is C22H21ClN2O7. The van der Waals surface area contributed by atoms with Crippen LogP contribution in [0.2, 0.25) is 5.02 Å². The molecule has 168 valence electrons. The topological polar surface area (TPSA) is 162 Å². The van der Waals surface area contributed by atoms with Crippen LogP contribution in [-0.4, -0.2) is 67.7 Å². The number of Topliss-reactive ketones (excluding diaryl/α,β-unsaturated/α-hetero) is 2. The number of aliphatic hydroxyl groups excluding tert-OH is 2. The van der Waals surface area contributed by atoms with Crippen molar-refractivity contribution in [3.63, 3.8) is 0 Å². The molecule has 0 aliphatic heterocycles. The second-order valence-electron chi connectivity index (χ2n) is 8.82. The van der Waals surface area contributed by atoms with Crippen molar-refractivity contribution in [3.8, 4) is 11.8 Å². The Balaban J connectivity index is 2.07. The Morgan fingerprint density at radius 3 is 2.38 bits per heavy atom. The summed E-state index contributed by atoms with van der Waals surface area (Å²) in [4.78, 5) is 28.0. The van der Waals surface area contributed by atoms with Gasteiger partial charge in [0.25, 0.3) is 0 Å². The first kappa shape index (κ1) is 22.3. The highest BCUT2D eigenvalue weighted by Gasteiger charge is 2.66. The number of carbonyl (C=O) groups excluding carboxylic acids is 2. The molecule has 0 aromatic heterocycles. The summed E-state index contributed by atoms with van der Waals surface area (Å²) in [7, 11) is 3.05. The molecule has 9 nitrogen and oxygen atoms in total. The number of nitriles is 1. The van der Waals surface area contributed by atoms with Gasteiger partial charge in [0.1, 0.15) is 23.2 Å². The van der Waals surface area contributed by atoms with Crippen LogP contribution in [-0.2, 0) is 15.2 Å². The lowest BCUT2D eigenvalue weighted by atomic mass is 9.54. The molecule has 1 unspecified atom stereocenters. The van der Waals surface area contributed by atoms with Gasteiger partial charge in [0.2, 0.25) is 5.78 Å². The van der Waals surface area contributed by atoms with Gasteiger partial charge in [-0.1, -0.05) is 11.6 Å². The summed E-state index contributed by atoms with van der Waals surface area (Å²) in [5.74, 6) is -6.51. The molecule has 4 rings (SSSR count). The van der Waals surface area contributed by atoms with Gasteiger partial charge in [-0.2, -0.15) is 5.26 Å². The van der Waals surface area contributed by atoms with Crippen molar-refractivity contribution in [2.45, 2.75) is 30.6 Å². The third kappa shape index (κ3) is 2.49. The maximum atomic E-state index is 13.6. The summed E-state index contributed by atoms with van der Waals surface area (Å²) in [5, 5.41) is 64.4. The van der Waals surface area contributed by atoms with Crippen LogP contribution in [0.5, 0.6) is 5.75 Å². The lowest BCUT2D eigenvalue weighted by Crippen LogP contribution is -2.66. The number of hydrogen-bond acceptors (Lipinski definition) is 9. The number of benzene rings is 1. The number of likely N-dealkylation sites (N-methyl/N-ethyl adjacent to an activating group) is 1. The van der Waals surface area contributed by atoms with Gasteiger partial charge in [-0.25, -0.2) is 0 Å². The van der Waals surface area contributed by atoms with Gasteiger partial charge in [0.15, 0.2) is 17.1 Å². The van der Waals surface area contributed by atoms with Crippen molar-refractivity contribution >= 4 is 28.9 Å². The van der Waals surface area contributed by atoms with E-state index in [1.54, 1.807) is 6.07 Å². The van der Waals surface area contributed by atoms with E-state index >= 15 is 0 Å². The molecule has 5 N–H and O–H groups in total. The van der Waals surface area contributed by atoms with E-state index in [1.165, 1.54) is 38.1 Å². The van der Waals surface area contributed by atoms with Crippen molar-refractivity contribution in [2.24, 2.45) is 11.8 Å². The lowest BCUT2D eigenvalue weighted by Gasteiger charge is -2.52. The number of aliphatic hydroxyl groups is 4. The van der Waals surface area contributed by atoms with Crippen LogP contribution in [0.3, 0.4) is 0 Å². The highest BCUT2D eigenvalue weighted by Crippen LogP contribution is 2.58. The molecule has 10 heteroatoms. The van der Waals surface area contributed by atoms with E-state index in [1.807, 2.05) is 0 Å². The number of ketones is 2. The Morgan fingerprint density at radius 1 is 1.19 bits per heavy atom. The van der Waals surface area contributed by atoms with Crippen molar-refractivity contribution in [1.29, 1.82) is 5.26 Å². The molecule has 0 heterocycles. The number of phenols is 1. The van der Waals surface area contributed by atoms with Crippen LogP contribution in [0, 0.1) is 23.2 Å². The third-order valence-corrected chi connectivity index (χ3v) is 7.25. The van der Waals surface area contributed by atoms with E-state index in [4.69, 9.17) is 11.6 Å². The molecule has 1 saturated carbocycles. The van der Waals surface area contributed by atoms with Gasteiger partial charge in [0, 0.05) is 28.0 Å². The Morgan fingerprint density at radius 2 is 1.81 bits per heavy atom. The van der Waals surface area contributed by atoms with E-state index in [0.29, 0.717) is 0 Å². The number of phenolic OH excluding ortho intramolecular Hbond substituents is 1. The second-order valence-corrected chi connectivity index (χ2v) is 9.23. The van der Waals surface area contributed by atoms with Gasteiger partial charge in [-0.3, -0.25) is 14.5 Å². The number of rotatable bonds is 1. The molecule has 0 radical (unpaired) electrons. The Kier molecular flexibility index (Phi) is 4.74. The van der Waals surface area contributed by atoms with Crippen LogP contribution >= 0.6 is 11.6 Å². The minimum absolute atomic E-state index is 0.00433. The fourth-order valence-electron chi connectivity index (χ4n) is 5.45. The first-order chi connectivity index (χ1) is 14.8. The van der Waals surface area contributed by atoms with Crippen LogP contribution < -0.4 is 0 Å². The minimum atomic E-state index is -2.69. The molecule has 3 aliphatic carbocycles. The Hall–Kier alpha value is -2.90. The van der Waals surface area contributed by atoms with Crippen molar-refractivity contribution in [2.75, 3.05) is 14.1 Å². The Labute approximate surface area is 188 Å². The van der Waals surface area contributed by atoms with E-state index in [-0.39, 0.29) is 22.6 Å². The van der Waals surface area contributed by atoms with Crippen molar-refractivity contribution < 1.29 is 35.1 Å². The zero-order valence-electron chi connectivity index (χ0n) is 17.4. The van der Waals surface area contributed by atoms with E-state index in [9.17, 15) is 40.4 Å². The summed E-state index contributed by atoms with van der Waals surface area (Å²) in [6, 6.07) is 2.92. The molecule has 0 spiro atoms. The monoisotopic (exact) mass is 460 g/mol. The van der Waals surface area contributed by atoms with Crippen molar-refractivity contribution in [3.05, 3.63) is 45.2 Å². The largest absolute Gasteiger partial charge is 0.507 e. The molecule has 3 aliphatic rings. The number of halogens is 1. The molecule has 32 heavy (non-hydrogen) atoms. The summed E-state index contributed by atoms with van der Waals surface area (Å²) < 4.78 is 0. The minimum Gasteiger partial charge on any atom is -0.507 e. The summed E-state index contributed by atoms with van der Waals surface area (Å²) >= 11 is 6.27. The third-order valence-electron chi connectivity index (χ3n) is 6.94. The van der Waals surface area contributed by atoms with E-state index in [0.717, 1.165) is 0 Å². The molecule has 5 atom stereocenters. The van der Waals surface area contributed by atoms with Crippen LogP contribution in [0.4, 0.5) is 0 Å². The average Bonchev–Trinajstić information content (AvgIpc) is 2.70. The predicted octanol–water partition coefficient (Wildman–Crippen LogP) is 1.32. The van der Waals surface area contributed by atoms with Crippen LogP contribution in [0.25, 0.3) is 5.76 Å². The summed E-state index contributed by atoms with van der Waals surface area (Å²) in [6.07, 6.45) is -0.211. The first-order valence-electron chi connectivity index (χ1n) is 9.81. The molecular weight excluding hydrogens is 440 g/mol. The number of nitrogens with zero attached hydrogens (tertiary/aromatic N) is 2. The van der Waals surface area contributed by atoms with Crippen LogP contribution in [0.15, 0.2) is 29.0 Å². The van der Waals surface area contributed by atoms with Gasteiger partial charge < -0.3 is 25.5 Å². The second kappa shape index (κ2) is 6.80. The molecule has 0 amide bonds. The summed E-state index contributed by atoms with van der Waals surface area (Å²) in [6.45, 7) is 1.36. The van der Waals surface area contributed by atoms with Gasteiger partial charge in [-0.15, -0.1) is 0 Å². The number of carbonyl (C=O) groups is 2. The maximum absolute atomic E-state index is 13.6. The quantitative estimate of drug-likeness (QED) is 0.416. The molecule has 1 aromatic carbocycles. The zero-order valence-corrected chi connectivity index (χ0v) is 18.2. The van der Waals surface area contributed by atoms with Gasteiger partial charge >= 0.3 is 0 Å².